The van der Waals surface area contributed by atoms with Gasteiger partial charge in [0.25, 0.3) is 11.8 Å². The maximum absolute atomic E-state index is 12.9. The first-order valence-electron chi connectivity index (χ1n) is 16.8. The van der Waals surface area contributed by atoms with Crippen molar-refractivity contribution in [2.75, 3.05) is 19.2 Å². The number of halogens is 3. The first-order chi connectivity index (χ1) is 25.0. The van der Waals surface area contributed by atoms with Crippen LogP contribution in [-0.2, 0) is 33.8 Å². The SMILES string of the molecule is COC(=O)[C@H](Cc1ccc(NC(=O)c2c(Cl)cc(O)cc2Cl)cc1)NCOCc1ccc(C(=O)NCc2cccc(O[Si](C)(C)C(C)(C)C)c2)cc1Cl. The molecule has 0 fully saturated rings. The van der Waals surface area contributed by atoms with Gasteiger partial charge in [0.1, 0.15) is 17.5 Å². The molecule has 0 saturated carbocycles. The van der Waals surface area contributed by atoms with Gasteiger partial charge in [-0.3, -0.25) is 19.7 Å². The van der Waals surface area contributed by atoms with Crippen LogP contribution in [0.15, 0.2) is 78.9 Å². The van der Waals surface area contributed by atoms with E-state index in [2.05, 4.69) is 49.8 Å². The molecule has 0 spiro atoms. The molecule has 282 valence electrons. The van der Waals surface area contributed by atoms with Crippen molar-refractivity contribution < 1.29 is 33.4 Å². The Morgan fingerprint density at radius 2 is 1.53 bits per heavy atom. The summed E-state index contributed by atoms with van der Waals surface area (Å²) in [5.41, 5.74) is 3.30. The number of phenolic OH excluding ortho intramolecular Hbond substituents is 1. The second kappa shape index (κ2) is 18.3. The quantitative estimate of drug-likeness (QED) is 0.0406. The van der Waals surface area contributed by atoms with Crippen LogP contribution in [0, 0.1) is 0 Å². The van der Waals surface area contributed by atoms with Gasteiger partial charge in [0.15, 0.2) is 0 Å². The number of anilines is 1. The van der Waals surface area contributed by atoms with Gasteiger partial charge < -0.3 is 29.6 Å². The summed E-state index contributed by atoms with van der Waals surface area (Å²) in [6.07, 6.45) is 0.276. The molecule has 2 amide bonds. The average Bonchev–Trinajstić information content (AvgIpc) is 3.08. The van der Waals surface area contributed by atoms with E-state index in [0.29, 0.717) is 28.4 Å². The minimum Gasteiger partial charge on any atom is -0.543 e. The van der Waals surface area contributed by atoms with Crippen LogP contribution in [0.3, 0.4) is 0 Å². The Labute approximate surface area is 326 Å². The monoisotopic (exact) mass is 799 g/mol. The lowest BCUT2D eigenvalue weighted by Crippen LogP contribution is -2.43. The number of hydrogen-bond donors (Lipinski definition) is 4. The topological polar surface area (TPSA) is 135 Å². The smallest absolute Gasteiger partial charge is 0.323 e. The van der Waals surface area contributed by atoms with Crippen molar-refractivity contribution in [1.29, 1.82) is 0 Å². The minimum atomic E-state index is -2.00. The van der Waals surface area contributed by atoms with E-state index in [1.165, 1.54) is 19.2 Å². The van der Waals surface area contributed by atoms with Gasteiger partial charge in [0.05, 0.1) is 36.1 Å². The number of carbonyl (C=O) groups excluding carboxylic acids is 3. The molecule has 10 nitrogen and oxygen atoms in total. The van der Waals surface area contributed by atoms with Crippen LogP contribution in [0.4, 0.5) is 5.69 Å². The van der Waals surface area contributed by atoms with Crippen LogP contribution >= 0.6 is 34.8 Å². The number of phenols is 1. The van der Waals surface area contributed by atoms with Gasteiger partial charge in [-0.05, 0) is 89.8 Å². The highest BCUT2D eigenvalue weighted by Gasteiger charge is 2.39. The first kappa shape index (κ1) is 41.6. The fourth-order valence-electron chi connectivity index (χ4n) is 4.89. The zero-order chi connectivity index (χ0) is 38.9. The molecule has 0 heterocycles. The van der Waals surface area contributed by atoms with Crippen LogP contribution < -0.4 is 20.4 Å². The van der Waals surface area contributed by atoms with E-state index in [1.807, 2.05) is 24.3 Å². The standard InChI is InChI=1S/C39H44Cl3N3O7Si/c1-39(2,3)53(5,6)52-30-9-7-8-25(16-30)21-43-36(47)26-12-13-27(31(40)18-26)22-51-23-44-34(38(49)50-4)17-24-10-14-28(15-11-24)45-37(48)35-32(41)19-29(46)20-33(35)42/h7-16,18-20,34,44,46H,17,21-23H2,1-6H3,(H,43,47)(H,45,48)/t34-/m0/s1. The van der Waals surface area contributed by atoms with Gasteiger partial charge in [0.2, 0.25) is 8.32 Å². The van der Waals surface area contributed by atoms with Crippen LogP contribution in [0.25, 0.3) is 0 Å². The molecular weight excluding hydrogens is 757 g/mol. The summed E-state index contributed by atoms with van der Waals surface area (Å²) in [4.78, 5) is 38.2. The molecule has 0 aliphatic heterocycles. The molecule has 4 rings (SSSR count). The molecular formula is C39H44Cl3N3O7Si. The van der Waals surface area contributed by atoms with Crippen molar-refractivity contribution in [3.63, 3.8) is 0 Å². The highest BCUT2D eigenvalue weighted by atomic mass is 35.5. The molecule has 4 aromatic rings. The molecule has 4 aromatic carbocycles. The highest BCUT2D eigenvalue weighted by molar-refractivity contribution is 6.74. The highest BCUT2D eigenvalue weighted by Crippen LogP contribution is 2.37. The lowest BCUT2D eigenvalue weighted by atomic mass is 10.1. The minimum absolute atomic E-state index is 0.0127. The summed E-state index contributed by atoms with van der Waals surface area (Å²) in [7, 11) is -0.694. The molecule has 0 bridgehead atoms. The van der Waals surface area contributed by atoms with Gasteiger partial charge in [-0.25, -0.2) is 0 Å². The van der Waals surface area contributed by atoms with Crippen LogP contribution in [0.2, 0.25) is 33.2 Å². The molecule has 0 saturated heterocycles. The number of hydrogen-bond acceptors (Lipinski definition) is 8. The number of rotatable bonds is 15. The van der Waals surface area contributed by atoms with E-state index in [-0.39, 0.29) is 52.1 Å². The lowest BCUT2D eigenvalue weighted by Gasteiger charge is -2.36. The third kappa shape index (κ3) is 11.7. The number of amides is 2. The Morgan fingerprint density at radius 3 is 2.15 bits per heavy atom. The average molecular weight is 801 g/mol. The summed E-state index contributed by atoms with van der Waals surface area (Å²) in [5, 5.41) is 18.8. The molecule has 0 aliphatic carbocycles. The van der Waals surface area contributed by atoms with Crippen molar-refractivity contribution in [3.8, 4) is 11.5 Å². The van der Waals surface area contributed by atoms with Crippen LogP contribution in [0.1, 0.15) is 58.2 Å². The van der Waals surface area contributed by atoms with Crippen molar-refractivity contribution in [3.05, 3.63) is 122 Å². The fourth-order valence-corrected chi connectivity index (χ4v) is 6.79. The normalized spacial score (nSPS) is 12.2. The van der Waals surface area contributed by atoms with Gasteiger partial charge in [-0.15, -0.1) is 0 Å². The van der Waals surface area contributed by atoms with Crippen LogP contribution in [-0.4, -0.2) is 51.1 Å². The molecule has 14 heteroatoms. The van der Waals surface area contributed by atoms with Crippen molar-refractivity contribution in [2.24, 2.45) is 0 Å². The van der Waals surface area contributed by atoms with Crippen molar-refractivity contribution >= 4 is 66.6 Å². The summed E-state index contributed by atoms with van der Waals surface area (Å²) >= 11 is 18.7. The first-order valence-corrected chi connectivity index (χ1v) is 20.8. The number of benzene rings is 4. The van der Waals surface area contributed by atoms with E-state index >= 15 is 0 Å². The van der Waals surface area contributed by atoms with E-state index < -0.39 is 26.2 Å². The Hall–Kier alpha value is -4.10. The number of ether oxygens (including phenoxy) is 2. The third-order valence-electron chi connectivity index (χ3n) is 8.93. The van der Waals surface area contributed by atoms with Crippen molar-refractivity contribution in [1.82, 2.24) is 10.6 Å². The van der Waals surface area contributed by atoms with Crippen LogP contribution in [0.5, 0.6) is 11.5 Å². The maximum Gasteiger partial charge on any atom is 0.323 e. The number of methoxy groups -OCH3 is 1. The molecule has 0 aromatic heterocycles. The number of carbonyl (C=O) groups is 3. The predicted molar refractivity (Wildman–Crippen MR) is 212 cm³/mol. The third-order valence-corrected chi connectivity index (χ3v) is 14.2. The molecule has 4 N–H and O–H groups in total. The molecule has 53 heavy (non-hydrogen) atoms. The second-order valence-corrected chi connectivity index (χ2v) is 19.9. The van der Waals surface area contributed by atoms with Crippen molar-refractivity contribution in [2.45, 2.75) is 64.5 Å². The van der Waals surface area contributed by atoms with Gasteiger partial charge in [-0.2, -0.15) is 0 Å². The van der Waals surface area contributed by atoms with E-state index in [4.69, 9.17) is 48.7 Å². The Kier molecular flexibility index (Phi) is 14.4. The zero-order valence-electron chi connectivity index (χ0n) is 30.4. The summed E-state index contributed by atoms with van der Waals surface area (Å²) < 4.78 is 17.2. The predicted octanol–water partition coefficient (Wildman–Crippen LogP) is 8.77. The van der Waals surface area contributed by atoms with Gasteiger partial charge in [0, 0.05) is 22.8 Å². The zero-order valence-corrected chi connectivity index (χ0v) is 33.7. The Bertz CT molecular complexity index is 1910. The van der Waals surface area contributed by atoms with Gasteiger partial charge in [-0.1, -0.05) is 85.9 Å². The number of aromatic hydroxyl groups is 1. The number of nitrogens with one attached hydrogen (secondary N) is 3. The molecule has 1 atom stereocenters. The largest absolute Gasteiger partial charge is 0.543 e. The van der Waals surface area contributed by atoms with E-state index in [0.717, 1.165) is 16.9 Å². The van der Waals surface area contributed by atoms with E-state index in [9.17, 15) is 19.5 Å². The molecule has 0 aliphatic rings. The Morgan fingerprint density at radius 1 is 0.849 bits per heavy atom. The maximum atomic E-state index is 12.9. The lowest BCUT2D eigenvalue weighted by molar-refractivity contribution is -0.143. The second-order valence-electron chi connectivity index (χ2n) is 13.9. The summed E-state index contributed by atoms with van der Waals surface area (Å²) in [5.74, 6) is -0.640. The van der Waals surface area contributed by atoms with E-state index in [1.54, 1.807) is 42.5 Å². The summed E-state index contributed by atoms with van der Waals surface area (Å²) in [6, 6.07) is 21.4. The molecule has 0 unspecified atom stereocenters. The van der Waals surface area contributed by atoms with Gasteiger partial charge >= 0.3 is 5.97 Å². The Balaban J connectivity index is 1.26. The fraction of sp³-hybridized carbons (Fsp3) is 0.308. The summed E-state index contributed by atoms with van der Waals surface area (Å²) in [6.45, 7) is 11.4. The number of esters is 1. The molecule has 0 radical (unpaired) electrons.